The maximum atomic E-state index is 5.63. The zero-order chi connectivity index (χ0) is 19.8. The van der Waals surface area contributed by atoms with Gasteiger partial charge in [0.2, 0.25) is 0 Å². The third-order valence-electron chi connectivity index (χ3n) is 5.15. The standard InChI is InChI=1S/C22H31N5O.HI/c1-17-9-8-10-18(26-17)15-24-22(23-2)25-16-20(27-13-6-7-14-27)19-11-4-5-12-21(19)28-3;/h4-5,8-12,20H,6-7,13-16H2,1-3H3,(H2,23,24,25);1H. The maximum Gasteiger partial charge on any atom is 0.191 e. The van der Waals surface area contributed by atoms with Gasteiger partial charge < -0.3 is 15.4 Å². The number of pyridine rings is 1. The predicted molar refractivity (Wildman–Crippen MR) is 129 cm³/mol. The van der Waals surface area contributed by atoms with Gasteiger partial charge in [0.25, 0.3) is 0 Å². The van der Waals surface area contributed by atoms with Gasteiger partial charge in [0.05, 0.1) is 25.4 Å². The lowest BCUT2D eigenvalue weighted by Crippen LogP contribution is -2.42. The minimum atomic E-state index is 0. The van der Waals surface area contributed by atoms with E-state index in [2.05, 4.69) is 37.6 Å². The molecule has 2 N–H and O–H groups in total. The fraction of sp³-hybridized carbons (Fsp3) is 0.455. The van der Waals surface area contributed by atoms with Crippen molar-refractivity contribution in [3.63, 3.8) is 0 Å². The second-order valence-electron chi connectivity index (χ2n) is 7.08. The molecule has 0 amide bonds. The number of methoxy groups -OCH3 is 1. The molecule has 158 valence electrons. The summed E-state index contributed by atoms with van der Waals surface area (Å²) in [6.45, 7) is 5.64. The van der Waals surface area contributed by atoms with E-state index in [1.54, 1.807) is 14.2 Å². The van der Waals surface area contributed by atoms with Gasteiger partial charge in [-0.2, -0.15) is 0 Å². The van der Waals surface area contributed by atoms with Crippen LogP contribution >= 0.6 is 24.0 Å². The first kappa shape index (κ1) is 23.4. The van der Waals surface area contributed by atoms with Crippen LogP contribution in [-0.4, -0.2) is 49.6 Å². The highest BCUT2D eigenvalue weighted by atomic mass is 127. The second-order valence-corrected chi connectivity index (χ2v) is 7.08. The highest BCUT2D eigenvalue weighted by Gasteiger charge is 2.26. The van der Waals surface area contributed by atoms with Crippen LogP contribution in [0.25, 0.3) is 0 Å². The second kappa shape index (κ2) is 12.0. The molecule has 2 aromatic rings. The molecule has 0 saturated carbocycles. The molecular weight excluding hydrogens is 477 g/mol. The van der Waals surface area contributed by atoms with Gasteiger partial charge in [-0.05, 0) is 51.1 Å². The van der Waals surface area contributed by atoms with E-state index in [0.29, 0.717) is 6.54 Å². The number of nitrogens with one attached hydrogen (secondary N) is 2. The predicted octanol–water partition coefficient (Wildman–Crippen LogP) is 3.52. The van der Waals surface area contributed by atoms with Gasteiger partial charge in [-0.15, -0.1) is 24.0 Å². The Balaban J connectivity index is 0.00000300. The van der Waals surface area contributed by atoms with Crippen LogP contribution in [0.3, 0.4) is 0 Å². The van der Waals surface area contributed by atoms with Gasteiger partial charge in [-0.3, -0.25) is 14.9 Å². The lowest BCUT2D eigenvalue weighted by Gasteiger charge is -2.30. The summed E-state index contributed by atoms with van der Waals surface area (Å²) in [5.74, 6) is 1.72. The smallest absolute Gasteiger partial charge is 0.191 e. The Bertz CT molecular complexity index is 792. The molecule has 0 radical (unpaired) electrons. The maximum absolute atomic E-state index is 5.63. The molecule has 7 heteroatoms. The van der Waals surface area contributed by atoms with Gasteiger partial charge in [0.1, 0.15) is 5.75 Å². The van der Waals surface area contributed by atoms with E-state index in [4.69, 9.17) is 4.74 Å². The van der Waals surface area contributed by atoms with Crippen molar-refractivity contribution >= 4 is 29.9 Å². The van der Waals surface area contributed by atoms with Crippen LogP contribution in [0.4, 0.5) is 0 Å². The van der Waals surface area contributed by atoms with E-state index >= 15 is 0 Å². The number of benzene rings is 1. The number of hydrogen-bond acceptors (Lipinski definition) is 4. The van der Waals surface area contributed by atoms with E-state index in [-0.39, 0.29) is 30.0 Å². The summed E-state index contributed by atoms with van der Waals surface area (Å²) in [4.78, 5) is 11.4. The number of para-hydroxylation sites is 1. The van der Waals surface area contributed by atoms with Crippen LogP contribution in [0.15, 0.2) is 47.5 Å². The molecule has 29 heavy (non-hydrogen) atoms. The van der Waals surface area contributed by atoms with E-state index in [1.165, 1.54) is 18.4 Å². The van der Waals surface area contributed by atoms with Gasteiger partial charge in [0, 0.05) is 24.8 Å². The summed E-state index contributed by atoms with van der Waals surface area (Å²) < 4.78 is 5.63. The number of aromatic nitrogens is 1. The first-order valence-corrected chi connectivity index (χ1v) is 9.95. The summed E-state index contributed by atoms with van der Waals surface area (Å²) in [6, 6.07) is 14.6. The average molecular weight is 509 g/mol. The molecule has 3 rings (SSSR count). The molecule has 6 nitrogen and oxygen atoms in total. The molecule has 1 saturated heterocycles. The van der Waals surface area contributed by atoms with Gasteiger partial charge in [-0.25, -0.2) is 0 Å². The normalized spacial score (nSPS) is 15.5. The zero-order valence-electron chi connectivity index (χ0n) is 17.5. The number of halogens is 1. The molecule has 1 unspecified atom stereocenters. The molecule has 0 aliphatic carbocycles. The zero-order valence-corrected chi connectivity index (χ0v) is 19.8. The van der Waals surface area contributed by atoms with Crippen LogP contribution in [0, 0.1) is 6.92 Å². The van der Waals surface area contributed by atoms with Crippen LogP contribution in [0.2, 0.25) is 0 Å². The Labute approximate surface area is 191 Å². The molecule has 1 aliphatic rings. The summed E-state index contributed by atoms with van der Waals surface area (Å²) in [6.07, 6.45) is 2.50. The quantitative estimate of drug-likeness (QED) is 0.340. The Morgan fingerprint density at radius 2 is 1.90 bits per heavy atom. The molecule has 1 aromatic carbocycles. The van der Waals surface area contributed by atoms with Crippen molar-refractivity contribution in [3.05, 3.63) is 59.4 Å². The SMILES string of the molecule is CN=C(NCc1cccc(C)n1)NCC(c1ccccc1OC)N1CCCC1.I. The van der Waals surface area contributed by atoms with Crippen LogP contribution < -0.4 is 15.4 Å². The Morgan fingerprint density at radius 1 is 1.14 bits per heavy atom. The molecule has 1 atom stereocenters. The Hall–Kier alpha value is -1.87. The summed E-state index contributed by atoms with van der Waals surface area (Å²) in [5, 5.41) is 6.86. The molecule has 1 aliphatic heterocycles. The van der Waals surface area contributed by atoms with Crippen molar-refractivity contribution in [1.82, 2.24) is 20.5 Å². The van der Waals surface area contributed by atoms with Crippen molar-refractivity contribution in [2.45, 2.75) is 32.4 Å². The first-order chi connectivity index (χ1) is 13.7. The van der Waals surface area contributed by atoms with Crippen LogP contribution in [-0.2, 0) is 6.54 Å². The fourth-order valence-corrected chi connectivity index (χ4v) is 3.72. The average Bonchev–Trinajstić information content (AvgIpc) is 3.25. The Kier molecular flexibility index (Phi) is 9.66. The van der Waals surface area contributed by atoms with Crippen molar-refractivity contribution in [1.29, 1.82) is 0 Å². The van der Waals surface area contributed by atoms with E-state index < -0.39 is 0 Å². The minimum Gasteiger partial charge on any atom is -0.496 e. The number of nitrogens with zero attached hydrogens (tertiary/aromatic N) is 3. The molecule has 0 spiro atoms. The molecule has 2 heterocycles. The molecule has 1 fully saturated rings. The molecule has 1 aromatic heterocycles. The lowest BCUT2D eigenvalue weighted by atomic mass is 10.0. The third kappa shape index (κ3) is 6.57. The topological polar surface area (TPSA) is 61.8 Å². The van der Waals surface area contributed by atoms with Crippen molar-refractivity contribution in [2.75, 3.05) is 33.8 Å². The van der Waals surface area contributed by atoms with Gasteiger partial charge in [-0.1, -0.05) is 24.3 Å². The number of hydrogen-bond donors (Lipinski definition) is 2. The Morgan fingerprint density at radius 3 is 2.59 bits per heavy atom. The monoisotopic (exact) mass is 509 g/mol. The number of guanidine groups is 1. The number of aryl methyl sites for hydroxylation is 1. The summed E-state index contributed by atoms with van der Waals surface area (Å²) in [7, 11) is 3.54. The first-order valence-electron chi connectivity index (χ1n) is 9.95. The van der Waals surface area contributed by atoms with Crippen LogP contribution in [0.5, 0.6) is 5.75 Å². The third-order valence-corrected chi connectivity index (χ3v) is 5.15. The summed E-state index contributed by atoms with van der Waals surface area (Å²) >= 11 is 0. The van der Waals surface area contributed by atoms with Crippen molar-refractivity contribution < 1.29 is 4.74 Å². The van der Waals surface area contributed by atoms with Crippen LogP contribution in [0.1, 0.15) is 35.8 Å². The molecule has 0 bridgehead atoms. The number of likely N-dealkylation sites (tertiary alicyclic amines) is 1. The van der Waals surface area contributed by atoms with Gasteiger partial charge in [0.15, 0.2) is 5.96 Å². The lowest BCUT2D eigenvalue weighted by molar-refractivity contribution is 0.239. The number of ether oxygens (including phenoxy) is 1. The van der Waals surface area contributed by atoms with E-state index in [9.17, 15) is 0 Å². The minimum absolute atomic E-state index is 0. The molecular formula is C22H32IN5O. The largest absolute Gasteiger partial charge is 0.496 e. The van der Waals surface area contributed by atoms with Gasteiger partial charge >= 0.3 is 0 Å². The highest BCUT2D eigenvalue weighted by Crippen LogP contribution is 2.31. The van der Waals surface area contributed by atoms with Crippen molar-refractivity contribution in [3.8, 4) is 5.75 Å². The highest BCUT2D eigenvalue weighted by molar-refractivity contribution is 14.0. The van der Waals surface area contributed by atoms with E-state index in [0.717, 1.165) is 42.7 Å². The summed E-state index contributed by atoms with van der Waals surface area (Å²) in [5.41, 5.74) is 3.24. The van der Waals surface area contributed by atoms with Crippen molar-refractivity contribution in [2.24, 2.45) is 4.99 Å². The van der Waals surface area contributed by atoms with E-state index in [1.807, 2.05) is 37.3 Å². The fourth-order valence-electron chi connectivity index (χ4n) is 3.72. The number of rotatable bonds is 7. The number of aliphatic imine (C=N–C) groups is 1.